The van der Waals surface area contributed by atoms with Gasteiger partial charge in [-0.15, -0.1) is 0 Å². The molecule has 1 aliphatic heterocycles. The van der Waals surface area contributed by atoms with E-state index in [1.54, 1.807) is 14.2 Å². The van der Waals surface area contributed by atoms with Crippen LogP contribution in [0.1, 0.15) is 18.5 Å². The van der Waals surface area contributed by atoms with Crippen LogP contribution in [0, 0.1) is 0 Å². The zero-order valence-corrected chi connectivity index (χ0v) is 10.5. The SMILES string of the molecule is COc1cccc(CC2(OC)CCNCC2)n1. The molecule has 94 valence electrons. The molecule has 4 heteroatoms. The molecule has 0 amide bonds. The molecule has 1 aromatic heterocycles. The normalized spacial score (nSPS) is 18.9. The van der Waals surface area contributed by atoms with Gasteiger partial charge in [-0.1, -0.05) is 6.07 Å². The average Bonchev–Trinajstić information content (AvgIpc) is 2.40. The molecular weight excluding hydrogens is 216 g/mol. The van der Waals surface area contributed by atoms with E-state index in [2.05, 4.69) is 10.3 Å². The van der Waals surface area contributed by atoms with Crippen molar-refractivity contribution >= 4 is 0 Å². The smallest absolute Gasteiger partial charge is 0.213 e. The minimum Gasteiger partial charge on any atom is -0.481 e. The van der Waals surface area contributed by atoms with E-state index in [0.717, 1.165) is 38.0 Å². The van der Waals surface area contributed by atoms with E-state index >= 15 is 0 Å². The topological polar surface area (TPSA) is 43.4 Å². The van der Waals surface area contributed by atoms with Crippen molar-refractivity contribution < 1.29 is 9.47 Å². The maximum atomic E-state index is 5.74. The van der Waals surface area contributed by atoms with E-state index in [0.29, 0.717) is 5.88 Å². The van der Waals surface area contributed by atoms with Gasteiger partial charge >= 0.3 is 0 Å². The molecule has 1 aromatic rings. The molecule has 0 spiro atoms. The van der Waals surface area contributed by atoms with Gasteiger partial charge in [0.2, 0.25) is 5.88 Å². The third-order valence-electron chi connectivity index (χ3n) is 3.44. The molecule has 1 fully saturated rings. The second-order valence-corrected chi connectivity index (χ2v) is 4.49. The minimum atomic E-state index is -0.0649. The molecule has 17 heavy (non-hydrogen) atoms. The van der Waals surface area contributed by atoms with Gasteiger partial charge in [0.05, 0.1) is 12.7 Å². The Labute approximate surface area is 102 Å². The first kappa shape index (κ1) is 12.3. The summed E-state index contributed by atoms with van der Waals surface area (Å²) in [7, 11) is 3.44. The fourth-order valence-electron chi connectivity index (χ4n) is 2.34. The van der Waals surface area contributed by atoms with Gasteiger partial charge in [0.25, 0.3) is 0 Å². The zero-order chi connectivity index (χ0) is 12.1. The van der Waals surface area contributed by atoms with Crippen molar-refractivity contribution in [1.82, 2.24) is 10.3 Å². The molecule has 0 radical (unpaired) electrons. The van der Waals surface area contributed by atoms with Gasteiger partial charge in [-0.25, -0.2) is 4.98 Å². The van der Waals surface area contributed by atoms with E-state index in [1.165, 1.54) is 0 Å². The zero-order valence-electron chi connectivity index (χ0n) is 10.5. The van der Waals surface area contributed by atoms with Gasteiger partial charge in [-0.3, -0.25) is 0 Å². The van der Waals surface area contributed by atoms with E-state index in [4.69, 9.17) is 9.47 Å². The molecule has 1 N–H and O–H groups in total. The molecule has 4 nitrogen and oxygen atoms in total. The second kappa shape index (κ2) is 5.47. The number of pyridine rings is 1. The molecule has 2 rings (SSSR count). The monoisotopic (exact) mass is 236 g/mol. The lowest BCUT2D eigenvalue weighted by Crippen LogP contribution is -2.45. The summed E-state index contributed by atoms with van der Waals surface area (Å²) in [5, 5.41) is 3.36. The molecule has 1 aliphatic rings. The minimum absolute atomic E-state index is 0.0649. The number of nitrogens with zero attached hydrogens (tertiary/aromatic N) is 1. The standard InChI is InChI=1S/C13H20N2O2/c1-16-12-5-3-4-11(15-12)10-13(17-2)6-8-14-9-7-13/h3-5,14H,6-10H2,1-2H3. The predicted octanol–water partition coefficient (Wildman–Crippen LogP) is 1.40. The third-order valence-corrected chi connectivity index (χ3v) is 3.44. The maximum absolute atomic E-state index is 5.74. The summed E-state index contributed by atoms with van der Waals surface area (Å²) in [4.78, 5) is 4.46. The van der Waals surface area contributed by atoms with Crippen LogP contribution in [0.25, 0.3) is 0 Å². The van der Waals surface area contributed by atoms with E-state index in [9.17, 15) is 0 Å². The van der Waals surface area contributed by atoms with Crippen molar-refractivity contribution in [2.24, 2.45) is 0 Å². The molecule has 0 bridgehead atoms. The van der Waals surface area contributed by atoms with Gasteiger partial charge in [0.1, 0.15) is 0 Å². The Bertz CT molecular complexity index is 362. The first-order valence-electron chi connectivity index (χ1n) is 6.04. The van der Waals surface area contributed by atoms with E-state index < -0.39 is 0 Å². The fourth-order valence-corrected chi connectivity index (χ4v) is 2.34. The highest BCUT2D eigenvalue weighted by Crippen LogP contribution is 2.26. The van der Waals surface area contributed by atoms with Crippen LogP contribution >= 0.6 is 0 Å². The van der Waals surface area contributed by atoms with Crippen molar-refractivity contribution in [3.8, 4) is 5.88 Å². The molecule has 0 atom stereocenters. The number of ether oxygens (including phenoxy) is 2. The number of hydrogen-bond donors (Lipinski definition) is 1. The van der Waals surface area contributed by atoms with E-state index in [-0.39, 0.29) is 5.60 Å². The van der Waals surface area contributed by atoms with Crippen LogP contribution in [0.4, 0.5) is 0 Å². The molecule has 0 aromatic carbocycles. The van der Waals surface area contributed by atoms with Crippen LogP contribution in [-0.4, -0.2) is 37.9 Å². The molecule has 0 saturated carbocycles. The highest BCUT2D eigenvalue weighted by Gasteiger charge is 2.32. The lowest BCUT2D eigenvalue weighted by Gasteiger charge is -2.36. The van der Waals surface area contributed by atoms with Gasteiger partial charge in [0.15, 0.2) is 0 Å². The summed E-state index contributed by atoms with van der Waals surface area (Å²) < 4.78 is 10.9. The van der Waals surface area contributed by atoms with Crippen molar-refractivity contribution in [2.45, 2.75) is 24.9 Å². The molecule has 0 aliphatic carbocycles. The highest BCUT2D eigenvalue weighted by molar-refractivity contribution is 5.17. The Hall–Kier alpha value is -1.13. The Balaban J connectivity index is 2.11. The lowest BCUT2D eigenvalue weighted by atomic mass is 9.87. The maximum Gasteiger partial charge on any atom is 0.213 e. The Morgan fingerprint density at radius 2 is 2.06 bits per heavy atom. The van der Waals surface area contributed by atoms with Crippen LogP contribution in [0.15, 0.2) is 18.2 Å². The van der Waals surface area contributed by atoms with Crippen LogP contribution in [-0.2, 0) is 11.2 Å². The highest BCUT2D eigenvalue weighted by atomic mass is 16.5. The Kier molecular flexibility index (Phi) is 3.97. The Morgan fingerprint density at radius 3 is 2.71 bits per heavy atom. The quantitative estimate of drug-likeness (QED) is 0.858. The Morgan fingerprint density at radius 1 is 1.29 bits per heavy atom. The van der Waals surface area contributed by atoms with Crippen LogP contribution < -0.4 is 10.1 Å². The number of piperidine rings is 1. The third kappa shape index (κ3) is 2.96. The number of aromatic nitrogens is 1. The lowest BCUT2D eigenvalue weighted by molar-refractivity contribution is -0.0340. The average molecular weight is 236 g/mol. The second-order valence-electron chi connectivity index (χ2n) is 4.49. The summed E-state index contributed by atoms with van der Waals surface area (Å²) in [5.41, 5.74) is 0.970. The number of rotatable bonds is 4. The van der Waals surface area contributed by atoms with Crippen LogP contribution in [0.3, 0.4) is 0 Å². The van der Waals surface area contributed by atoms with Crippen molar-refractivity contribution in [1.29, 1.82) is 0 Å². The van der Waals surface area contributed by atoms with Crippen molar-refractivity contribution in [3.05, 3.63) is 23.9 Å². The summed E-state index contributed by atoms with van der Waals surface area (Å²) in [5.74, 6) is 0.669. The van der Waals surface area contributed by atoms with Gasteiger partial charge in [0, 0.05) is 25.3 Å². The van der Waals surface area contributed by atoms with Crippen molar-refractivity contribution in [2.75, 3.05) is 27.3 Å². The first-order chi connectivity index (χ1) is 8.28. The summed E-state index contributed by atoms with van der Waals surface area (Å²) in [6.45, 7) is 2.02. The number of hydrogen-bond acceptors (Lipinski definition) is 4. The van der Waals surface area contributed by atoms with Crippen LogP contribution in [0.2, 0.25) is 0 Å². The summed E-state index contributed by atoms with van der Waals surface area (Å²) >= 11 is 0. The van der Waals surface area contributed by atoms with Gasteiger partial charge in [-0.05, 0) is 32.0 Å². The first-order valence-corrected chi connectivity index (χ1v) is 6.04. The number of nitrogens with one attached hydrogen (secondary N) is 1. The van der Waals surface area contributed by atoms with Gasteiger partial charge < -0.3 is 14.8 Å². The van der Waals surface area contributed by atoms with Gasteiger partial charge in [-0.2, -0.15) is 0 Å². The molecule has 0 unspecified atom stereocenters. The summed E-state index contributed by atoms with van der Waals surface area (Å²) in [6, 6.07) is 5.88. The van der Waals surface area contributed by atoms with Crippen LogP contribution in [0.5, 0.6) is 5.88 Å². The van der Waals surface area contributed by atoms with E-state index in [1.807, 2.05) is 18.2 Å². The predicted molar refractivity (Wildman–Crippen MR) is 66.3 cm³/mol. The fraction of sp³-hybridized carbons (Fsp3) is 0.615. The van der Waals surface area contributed by atoms with Crippen molar-refractivity contribution in [3.63, 3.8) is 0 Å². The summed E-state index contributed by atoms with van der Waals surface area (Å²) in [6.07, 6.45) is 2.91. The largest absolute Gasteiger partial charge is 0.481 e. The molecule has 1 saturated heterocycles. The number of methoxy groups -OCH3 is 2. The molecular formula is C13H20N2O2. The molecule has 2 heterocycles.